The molecule has 0 amide bonds. The van der Waals surface area contributed by atoms with Gasteiger partial charge in [-0.2, -0.15) is 22.5 Å². The Hall–Kier alpha value is -2.31. The van der Waals surface area contributed by atoms with E-state index in [2.05, 4.69) is 10.3 Å². The van der Waals surface area contributed by atoms with Gasteiger partial charge in [0, 0.05) is 12.1 Å². The number of anilines is 1. The molecule has 1 N–H and O–H groups in total. The molecule has 21 heavy (non-hydrogen) atoms. The highest BCUT2D eigenvalue weighted by molar-refractivity contribution is 5.47. The lowest BCUT2D eigenvalue weighted by Gasteiger charge is -2.12. The summed E-state index contributed by atoms with van der Waals surface area (Å²) in [5.41, 5.74) is -0.304. The van der Waals surface area contributed by atoms with Gasteiger partial charge < -0.3 is 10.1 Å². The molecule has 1 aromatic heterocycles. The molecule has 0 saturated heterocycles. The van der Waals surface area contributed by atoms with E-state index in [4.69, 9.17) is 4.74 Å². The molecule has 112 valence electrons. The van der Waals surface area contributed by atoms with Crippen LogP contribution in [0.2, 0.25) is 0 Å². The number of hydrogen-bond acceptors (Lipinski definition) is 3. The smallest absolute Gasteiger partial charge is 0.253 e. The zero-order chi connectivity index (χ0) is 15.4. The predicted molar refractivity (Wildman–Crippen MR) is 69.0 cm³/mol. The van der Waals surface area contributed by atoms with Crippen molar-refractivity contribution in [2.75, 3.05) is 11.9 Å². The monoisotopic (exact) mass is 300 g/mol. The fourth-order valence-corrected chi connectivity index (χ4v) is 1.77. The number of aromatic nitrogens is 1. The summed E-state index contributed by atoms with van der Waals surface area (Å²) in [6, 6.07) is 6.80. The molecule has 3 nitrogen and oxygen atoms in total. The molecule has 0 unspecified atom stereocenters. The van der Waals surface area contributed by atoms with Crippen molar-refractivity contribution in [3.63, 3.8) is 0 Å². The summed E-state index contributed by atoms with van der Waals surface area (Å²) in [6.45, 7) is 2.14. The maximum absolute atomic E-state index is 13.5. The molecule has 0 aliphatic carbocycles. The standard InChI is InChI=1S/C14H12F4N2O/c1-2-21-9-6-4-3-5-8(9)7-19-12-10(15)13(17)20-14(18)11(12)16/h3-6H,2,7H2,1H3,(H,19,20). The van der Waals surface area contributed by atoms with Crippen LogP contribution in [0, 0.1) is 23.5 Å². The SMILES string of the molecule is CCOc1ccccc1CNc1c(F)c(F)nc(F)c1F. The highest BCUT2D eigenvalue weighted by Crippen LogP contribution is 2.24. The van der Waals surface area contributed by atoms with Crippen molar-refractivity contribution in [3.05, 3.63) is 53.4 Å². The third-order valence-corrected chi connectivity index (χ3v) is 2.73. The van der Waals surface area contributed by atoms with Gasteiger partial charge in [0.1, 0.15) is 11.4 Å². The van der Waals surface area contributed by atoms with Gasteiger partial charge in [-0.3, -0.25) is 0 Å². The summed E-state index contributed by atoms with van der Waals surface area (Å²) in [7, 11) is 0. The number of benzene rings is 1. The van der Waals surface area contributed by atoms with E-state index in [1.165, 1.54) is 0 Å². The van der Waals surface area contributed by atoms with E-state index in [-0.39, 0.29) is 6.54 Å². The number of halogens is 4. The molecule has 0 fully saturated rings. The van der Waals surface area contributed by atoms with Gasteiger partial charge >= 0.3 is 0 Å². The van der Waals surface area contributed by atoms with E-state index in [1.807, 2.05) is 0 Å². The Morgan fingerprint density at radius 3 is 2.29 bits per heavy atom. The Kier molecular flexibility index (Phi) is 4.62. The average molecular weight is 300 g/mol. The zero-order valence-electron chi connectivity index (χ0n) is 11.1. The van der Waals surface area contributed by atoms with Crippen molar-refractivity contribution in [2.24, 2.45) is 0 Å². The minimum absolute atomic E-state index is 0.0626. The van der Waals surface area contributed by atoms with Crippen LogP contribution in [0.15, 0.2) is 24.3 Å². The first-order valence-corrected chi connectivity index (χ1v) is 6.19. The fourth-order valence-electron chi connectivity index (χ4n) is 1.77. The molecule has 0 atom stereocenters. The van der Waals surface area contributed by atoms with E-state index in [9.17, 15) is 17.6 Å². The molecule has 1 aromatic carbocycles. The van der Waals surface area contributed by atoms with E-state index in [0.717, 1.165) is 0 Å². The molecule has 2 aromatic rings. The lowest BCUT2D eigenvalue weighted by molar-refractivity contribution is 0.337. The molecule has 1 heterocycles. The Bertz CT molecular complexity index is 623. The maximum Gasteiger partial charge on any atom is 0.253 e. The summed E-state index contributed by atoms with van der Waals surface area (Å²) in [4.78, 5) is 2.49. The van der Waals surface area contributed by atoms with Gasteiger partial charge in [0.15, 0.2) is 0 Å². The first kappa shape index (κ1) is 15.1. The lowest BCUT2D eigenvalue weighted by atomic mass is 10.2. The quantitative estimate of drug-likeness (QED) is 0.676. The fraction of sp³-hybridized carbons (Fsp3) is 0.214. The van der Waals surface area contributed by atoms with Crippen LogP contribution in [0.3, 0.4) is 0 Å². The highest BCUT2D eigenvalue weighted by atomic mass is 19.2. The van der Waals surface area contributed by atoms with E-state index in [1.54, 1.807) is 31.2 Å². The van der Waals surface area contributed by atoms with Crippen LogP contribution in [-0.2, 0) is 6.54 Å². The summed E-state index contributed by atoms with van der Waals surface area (Å²) in [5, 5.41) is 2.33. The maximum atomic E-state index is 13.5. The minimum Gasteiger partial charge on any atom is -0.494 e. The predicted octanol–water partition coefficient (Wildman–Crippen LogP) is 3.65. The van der Waals surface area contributed by atoms with Gasteiger partial charge in [-0.1, -0.05) is 18.2 Å². The van der Waals surface area contributed by atoms with Crippen LogP contribution < -0.4 is 10.1 Å². The first-order valence-electron chi connectivity index (χ1n) is 6.19. The summed E-state index contributed by atoms with van der Waals surface area (Å²) < 4.78 is 58.2. The first-order chi connectivity index (χ1) is 10.0. The Morgan fingerprint density at radius 1 is 1.05 bits per heavy atom. The average Bonchev–Trinajstić information content (AvgIpc) is 2.47. The lowest BCUT2D eigenvalue weighted by Crippen LogP contribution is -2.10. The number of nitrogens with zero attached hydrogens (tertiary/aromatic N) is 1. The molecule has 7 heteroatoms. The number of para-hydroxylation sites is 1. The molecule has 0 bridgehead atoms. The van der Waals surface area contributed by atoms with Crippen molar-refractivity contribution >= 4 is 5.69 Å². The van der Waals surface area contributed by atoms with Gasteiger partial charge in [0.25, 0.3) is 11.9 Å². The van der Waals surface area contributed by atoms with E-state index in [0.29, 0.717) is 17.9 Å². The third kappa shape index (κ3) is 3.24. The molecule has 0 saturated carbocycles. The number of nitrogens with one attached hydrogen (secondary N) is 1. The molecule has 0 aliphatic heterocycles. The van der Waals surface area contributed by atoms with E-state index >= 15 is 0 Å². The van der Waals surface area contributed by atoms with Crippen LogP contribution >= 0.6 is 0 Å². The van der Waals surface area contributed by atoms with Crippen molar-refractivity contribution in [3.8, 4) is 5.75 Å². The van der Waals surface area contributed by atoms with Gasteiger partial charge in [-0.25, -0.2) is 0 Å². The number of hydrogen-bond donors (Lipinski definition) is 1. The Morgan fingerprint density at radius 2 is 1.67 bits per heavy atom. The van der Waals surface area contributed by atoms with Crippen molar-refractivity contribution in [1.29, 1.82) is 0 Å². The third-order valence-electron chi connectivity index (χ3n) is 2.73. The van der Waals surface area contributed by atoms with Gasteiger partial charge in [-0.05, 0) is 13.0 Å². The second-order valence-corrected chi connectivity index (χ2v) is 4.09. The molecule has 2 rings (SSSR count). The van der Waals surface area contributed by atoms with Crippen LogP contribution in [0.1, 0.15) is 12.5 Å². The molecular weight excluding hydrogens is 288 g/mol. The summed E-state index contributed by atoms with van der Waals surface area (Å²) in [5.74, 6) is -6.02. The molecule has 0 aliphatic rings. The van der Waals surface area contributed by atoms with Crippen LogP contribution in [0.4, 0.5) is 23.2 Å². The molecule has 0 radical (unpaired) electrons. The highest BCUT2D eigenvalue weighted by Gasteiger charge is 2.20. The Labute approximate surface area is 118 Å². The van der Waals surface area contributed by atoms with Crippen LogP contribution in [0.5, 0.6) is 5.75 Å². The van der Waals surface area contributed by atoms with Crippen molar-refractivity contribution in [1.82, 2.24) is 4.98 Å². The molecule has 0 spiro atoms. The van der Waals surface area contributed by atoms with Crippen LogP contribution in [-0.4, -0.2) is 11.6 Å². The van der Waals surface area contributed by atoms with Crippen molar-refractivity contribution in [2.45, 2.75) is 13.5 Å². The minimum atomic E-state index is -1.70. The normalized spacial score (nSPS) is 10.5. The zero-order valence-corrected chi connectivity index (χ0v) is 11.1. The molecular formula is C14H12F4N2O. The largest absolute Gasteiger partial charge is 0.494 e. The van der Waals surface area contributed by atoms with Crippen molar-refractivity contribution < 1.29 is 22.3 Å². The summed E-state index contributed by atoms with van der Waals surface area (Å²) >= 11 is 0. The second kappa shape index (κ2) is 6.43. The number of ether oxygens (including phenoxy) is 1. The van der Waals surface area contributed by atoms with Gasteiger partial charge in [0.05, 0.1) is 6.61 Å². The number of rotatable bonds is 5. The Balaban J connectivity index is 2.25. The van der Waals surface area contributed by atoms with E-state index < -0.39 is 29.2 Å². The number of pyridine rings is 1. The topological polar surface area (TPSA) is 34.1 Å². The summed E-state index contributed by atoms with van der Waals surface area (Å²) in [6.07, 6.45) is 0. The van der Waals surface area contributed by atoms with Crippen LogP contribution in [0.25, 0.3) is 0 Å². The second-order valence-electron chi connectivity index (χ2n) is 4.09. The van der Waals surface area contributed by atoms with Gasteiger partial charge in [-0.15, -0.1) is 0 Å². The van der Waals surface area contributed by atoms with Gasteiger partial charge in [0.2, 0.25) is 11.6 Å².